The van der Waals surface area contributed by atoms with Crippen LogP contribution < -0.4 is 0 Å². The van der Waals surface area contributed by atoms with Gasteiger partial charge >= 0.3 is 6.03 Å². The van der Waals surface area contributed by atoms with Gasteiger partial charge in [-0.15, -0.1) is 0 Å². The first-order chi connectivity index (χ1) is 8.27. The van der Waals surface area contributed by atoms with Crippen molar-refractivity contribution in [1.82, 2.24) is 9.80 Å². The van der Waals surface area contributed by atoms with Crippen molar-refractivity contribution in [3.8, 4) is 0 Å². The number of likely N-dealkylation sites (tertiary alicyclic amines) is 1. The van der Waals surface area contributed by atoms with Gasteiger partial charge in [-0.2, -0.15) is 0 Å². The van der Waals surface area contributed by atoms with E-state index in [1.807, 2.05) is 18.2 Å². The molecule has 0 radical (unpaired) electrons. The van der Waals surface area contributed by atoms with Crippen molar-refractivity contribution in [1.29, 1.82) is 0 Å². The summed E-state index contributed by atoms with van der Waals surface area (Å²) in [7, 11) is 0. The maximum atomic E-state index is 12.2. The number of nitrogens with zero attached hydrogens (tertiary/aromatic N) is 2. The molecule has 1 aromatic rings. The predicted molar refractivity (Wildman–Crippen MR) is 62.5 cm³/mol. The second-order valence-corrected chi connectivity index (χ2v) is 4.53. The third-order valence-corrected chi connectivity index (χ3v) is 3.43. The number of imide groups is 1. The Labute approximate surface area is 99.8 Å². The lowest BCUT2D eigenvalue weighted by atomic mass is 10.1. The monoisotopic (exact) mass is 230 g/mol. The highest BCUT2D eigenvalue weighted by molar-refractivity contribution is 6.07. The normalized spacial score (nSPS) is 18.7. The largest absolute Gasteiger partial charge is 0.327 e. The first-order valence-corrected chi connectivity index (χ1v) is 5.96. The fourth-order valence-electron chi connectivity index (χ4n) is 2.49. The van der Waals surface area contributed by atoms with Crippen LogP contribution in [0.4, 0.5) is 4.79 Å². The van der Waals surface area contributed by atoms with Crippen LogP contribution in [0.1, 0.15) is 28.8 Å². The molecule has 3 rings (SSSR count). The Morgan fingerprint density at radius 1 is 1.12 bits per heavy atom. The molecule has 4 nitrogen and oxygen atoms in total. The summed E-state index contributed by atoms with van der Waals surface area (Å²) < 4.78 is 0. The first-order valence-electron chi connectivity index (χ1n) is 5.96. The summed E-state index contributed by atoms with van der Waals surface area (Å²) in [6, 6.07) is 7.29. The van der Waals surface area contributed by atoms with Gasteiger partial charge in [0.05, 0.1) is 6.54 Å². The van der Waals surface area contributed by atoms with Gasteiger partial charge in [0.15, 0.2) is 0 Å². The van der Waals surface area contributed by atoms with E-state index in [2.05, 4.69) is 0 Å². The predicted octanol–water partition coefficient (Wildman–Crippen LogP) is 1.86. The molecule has 4 heteroatoms. The molecule has 17 heavy (non-hydrogen) atoms. The van der Waals surface area contributed by atoms with Crippen LogP contribution in [-0.4, -0.2) is 34.8 Å². The van der Waals surface area contributed by atoms with E-state index >= 15 is 0 Å². The van der Waals surface area contributed by atoms with E-state index in [0.717, 1.165) is 31.5 Å². The van der Waals surface area contributed by atoms with Crippen molar-refractivity contribution in [2.24, 2.45) is 0 Å². The van der Waals surface area contributed by atoms with Crippen LogP contribution in [0.5, 0.6) is 0 Å². The first kappa shape index (κ1) is 10.3. The molecule has 3 amide bonds. The van der Waals surface area contributed by atoms with E-state index < -0.39 is 0 Å². The van der Waals surface area contributed by atoms with Crippen LogP contribution >= 0.6 is 0 Å². The Kier molecular flexibility index (Phi) is 2.35. The molecule has 1 aromatic carbocycles. The summed E-state index contributed by atoms with van der Waals surface area (Å²) in [6.07, 6.45) is 2.08. The van der Waals surface area contributed by atoms with Gasteiger partial charge in [0.25, 0.3) is 5.91 Å². The van der Waals surface area contributed by atoms with Crippen LogP contribution in [-0.2, 0) is 6.54 Å². The zero-order valence-corrected chi connectivity index (χ0v) is 9.56. The van der Waals surface area contributed by atoms with E-state index in [1.54, 1.807) is 11.0 Å². The van der Waals surface area contributed by atoms with Gasteiger partial charge in [-0.3, -0.25) is 9.69 Å². The average Bonchev–Trinajstić information content (AvgIpc) is 2.97. The van der Waals surface area contributed by atoms with Crippen LogP contribution in [0.3, 0.4) is 0 Å². The number of fused-ring (bicyclic) bond motifs is 1. The Balaban J connectivity index is 1.84. The highest BCUT2D eigenvalue weighted by atomic mass is 16.2. The molecule has 2 aliphatic rings. The number of urea groups is 1. The van der Waals surface area contributed by atoms with E-state index in [4.69, 9.17) is 0 Å². The second-order valence-electron chi connectivity index (χ2n) is 4.53. The highest BCUT2D eigenvalue weighted by Crippen LogP contribution is 2.24. The van der Waals surface area contributed by atoms with Crippen molar-refractivity contribution >= 4 is 11.9 Å². The van der Waals surface area contributed by atoms with Gasteiger partial charge in [-0.05, 0) is 24.5 Å². The minimum absolute atomic E-state index is 0.135. The van der Waals surface area contributed by atoms with Crippen molar-refractivity contribution in [2.45, 2.75) is 19.4 Å². The summed E-state index contributed by atoms with van der Waals surface area (Å²) in [4.78, 5) is 27.4. The highest BCUT2D eigenvalue weighted by Gasteiger charge is 2.34. The Hall–Kier alpha value is -1.84. The van der Waals surface area contributed by atoms with Crippen LogP contribution in [0.25, 0.3) is 0 Å². The third kappa shape index (κ3) is 1.60. The van der Waals surface area contributed by atoms with Gasteiger partial charge in [0.2, 0.25) is 0 Å². The summed E-state index contributed by atoms with van der Waals surface area (Å²) in [5.41, 5.74) is 1.62. The molecule has 0 aliphatic carbocycles. The van der Waals surface area contributed by atoms with E-state index in [0.29, 0.717) is 12.1 Å². The quantitative estimate of drug-likeness (QED) is 0.682. The Bertz CT molecular complexity index is 478. The summed E-state index contributed by atoms with van der Waals surface area (Å²) >= 11 is 0. The number of carbonyl (C=O) groups is 2. The lowest BCUT2D eigenvalue weighted by Gasteiger charge is -2.22. The fourth-order valence-corrected chi connectivity index (χ4v) is 2.49. The fraction of sp³-hybridized carbons (Fsp3) is 0.385. The number of carbonyl (C=O) groups excluding carboxylic acids is 2. The molecule has 1 fully saturated rings. The second kappa shape index (κ2) is 3.87. The zero-order chi connectivity index (χ0) is 11.8. The Morgan fingerprint density at radius 2 is 1.82 bits per heavy atom. The number of hydrogen-bond acceptors (Lipinski definition) is 2. The van der Waals surface area contributed by atoms with Gasteiger partial charge in [-0.1, -0.05) is 18.2 Å². The smallest absolute Gasteiger partial charge is 0.324 e. The zero-order valence-electron chi connectivity index (χ0n) is 9.56. The van der Waals surface area contributed by atoms with Gasteiger partial charge in [0.1, 0.15) is 0 Å². The number of hydrogen-bond donors (Lipinski definition) is 0. The molecule has 2 aliphatic heterocycles. The standard InChI is InChI=1S/C13H14N2O2/c16-12-11-6-2-1-5-10(11)9-15(12)13(17)14-7-3-4-8-14/h1-2,5-6H,3-4,7-9H2. The number of amides is 3. The molecular weight excluding hydrogens is 216 g/mol. The maximum absolute atomic E-state index is 12.2. The maximum Gasteiger partial charge on any atom is 0.327 e. The molecule has 0 aromatic heterocycles. The molecule has 0 bridgehead atoms. The SMILES string of the molecule is O=C1c2ccccc2CN1C(=O)N1CCCC1. The lowest BCUT2D eigenvalue weighted by Crippen LogP contribution is -2.41. The van der Waals surface area contributed by atoms with Crippen LogP contribution in [0.2, 0.25) is 0 Å². The van der Waals surface area contributed by atoms with E-state index in [1.165, 1.54) is 4.90 Å². The van der Waals surface area contributed by atoms with Crippen molar-refractivity contribution in [3.63, 3.8) is 0 Å². The lowest BCUT2D eigenvalue weighted by molar-refractivity contribution is 0.0788. The molecule has 88 valence electrons. The minimum atomic E-state index is -0.155. The van der Waals surface area contributed by atoms with Crippen molar-refractivity contribution in [2.75, 3.05) is 13.1 Å². The topological polar surface area (TPSA) is 40.6 Å². The number of benzene rings is 1. The molecule has 0 atom stereocenters. The summed E-state index contributed by atoms with van der Waals surface area (Å²) in [5.74, 6) is -0.155. The van der Waals surface area contributed by atoms with Crippen LogP contribution in [0.15, 0.2) is 24.3 Å². The molecule has 0 N–H and O–H groups in total. The minimum Gasteiger partial charge on any atom is -0.324 e. The van der Waals surface area contributed by atoms with Crippen molar-refractivity contribution in [3.05, 3.63) is 35.4 Å². The molecule has 2 heterocycles. The third-order valence-electron chi connectivity index (χ3n) is 3.43. The van der Waals surface area contributed by atoms with Crippen LogP contribution in [0, 0.1) is 0 Å². The van der Waals surface area contributed by atoms with Crippen molar-refractivity contribution < 1.29 is 9.59 Å². The average molecular weight is 230 g/mol. The summed E-state index contributed by atoms with van der Waals surface area (Å²) in [6.45, 7) is 1.97. The molecule has 0 spiro atoms. The molecular formula is C13H14N2O2. The van der Waals surface area contributed by atoms with E-state index in [9.17, 15) is 9.59 Å². The number of rotatable bonds is 0. The molecule has 0 saturated carbocycles. The Morgan fingerprint density at radius 3 is 2.53 bits per heavy atom. The molecule has 0 unspecified atom stereocenters. The summed E-state index contributed by atoms with van der Waals surface area (Å²) in [5, 5.41) is 0. The van der Waals surface area contributed by atoms with Gasteiger partial charge in [0, 0.05) is 18.7 Å². The van der Waals surface area contributed by atoms with Gasteiger partial charge in [-0.25, -0.2) is 4.79 Å². The van der Waals surface area contributed by atoms with E-state index in [-0.39, 0.29) is 11.9 Å². The van der Waals surface area contributed by atoms with Gasteiger partial charge < -0.3 is 4.90 Å². The molecule has 1 saturated heterocycles.